The first-order valence-electron chi connectivity index (χ1n) is 6.09. The van der Waals surface area contributed by atoms with Gasteiger partial charge in [-0.25, -0.2) is 4.98 Å². The van der Waals surface area contributed by atoms with Gasteiger partial charge in [0, 0.05) is 19.3 Å². The molecule has 1 aliphatic rings. The van der Waals surface area contributed by atoms with Crippen molar-refractivity contribution in [3.05, 3.63) is 33.1 Å². The van der Waals surface area contributed by atoms with Crippen LogP contribution >= 0.6 is 11.6 Å². The number of aromatic nitrogens is 1. The van der Waals surface area contributed by atoms with Crippen LogP contribution in [-0.2, 0) is 0 Å². The molecule has 1 aromatic rings. The van der Waals surface area contributed by atoms with E-state index in [1.165, 1.54) is 12.3 Å². The lowest BCUT2D eigenvalue weighted by Crippen LogP contribution is -2.38. The number of halogens is 1. The lowest BCUT2D eigenvalue weighted by Gasteiger charge is -2.30. The molecule has 1 aromatic heterocycles. The van der Waals surface area contributed by atoms with Crippen LogP contribution in [0.5, 0.6) is 0 Å². The van der Waals surface area contributed by atoms with Gasteiger partial charge in [-0.1, -0.05) is 18.5 Å². The van der Waals surface area contributed by atoms with E-state index >= 15 is 0 Å². The summed E-state index contributed by atoms with van der Waals surface area (Å²) in [6.07, 6.45) is 3.14. The molecule has 0 aliphatic carbocycles. The highest BCUT2D eigenvalue weighted by Crippen LogP contribution is 2.28. The van der Waals surface area contributed by atoms with Gasteiger partial charge in [0.05, 0.1) is 4.92 Å². The van der Waals surface area contributed by atoms with Gasteiger partial charge in [-0.05, 0) is 24.8 Å². The molecule has 1 amide bonds. The number of nitrogens with zero attached hydrogens (tertiary/aromatic N) is 3. The number of rotatable bonds is 2. The number of hydrogen-bond donors (Lipinski definition) is 0. The predicted molar refractivity (Wildman–Crippen MR) is 70.2 cm³/mol. The summed E-state index contributed by atoms with van der Waals surface area (Å²) in [5, 5.41) is 10.7. The second-order valence-corrected chi connectivity index (χ2v) is 5.09. The fraction of sp³-hybridized carbons (Fsp3) is 0.500. The van der Waals surface area contributed by atoms with Crippen LogP contribution in [0.3, 0.4) is 0 Å². The maximum absolute atomic E-state index is 12.3. The van der Waals surface area contributed by atoms with Crippen molar-refractivity contribution in [2.24, 2.45) is 5.92 Å². The first-order valence-corrected chi connectivity index (χ1v) is 6.46. The van der Waals surface area contributed by atoms with Gasteiger partial charge in [0.1, 0.15) is 5.56 Å². The van der Waals surface area contributed by atoms with Gasteiger partial charge in [0.2, 0.25) is 5.15 Å². The van der Waals surface area contributed by atoms with Gasteiger partial charge in [-0.2, -0.15) is 0 Å². The summed E-state index contributed by atoms with van der Waals surface area (Å²) in [7, 11) is 0. The summed E-state index contributed by atoms with van der Waals surface area (Å²) < 4.78 is 0. The number of carbonyl (C=O) groups excluding carboxylic acids is 1. The molecule has 2 rings (SSSR count). The van der Waals surface area contributed by atoms with E-state index in [9.17, 15) is 14.9 Å². The minimum atomic E-state index is -0.658. The maximum Gasteiger partial charge on any atom is 0.319 e. The summed E-state index contributed by atoms with van der Waals surface area (Å²) in [4.78, 5) is 27.9. The zero-order valence-corrected chi connectivity index (χ0v) is 11.3. The number of amides is 1. The average Bonchev–Trinajstić information content (AvgIpc) is 2.38. The molecule has 0 saturated carbocycles. The molecule has 0 aromatic carbocycles. The number of likely N-dealkylation sites (tertiary alicyclic amines) is 1. The smallest absolute Gasteiger partial charge is 0.319 e. The van der Waals surface area contributed by atoms with E-state index < -0.39 is 10.6 Å². The summed E-state index contributed by atoms with van der Waals surface area (Å²) in [6.45, 7) is 3.38. The largest absolute Gasteiger partial charge is 0.338 e. The summed E-state index contributed by atoms with van der Waals surface area (Å²) in [5.74, 6) is 0.239. The number of piperidine rings is 1. The lowest BCUT2D eigenvalue weighted by atomic mass is 9.98. The highest BCUT2D eigenvalue weighted by atomic mass is 35.5. The molecule has 102 valence electrons. The Balaban J connectivity index is 2.29. The molecule has 0 atom stereocenters. The summed E-state index contributed by atoms with van der Waals surface area (Å²) in [6, 6.07) is 1.35. The van der Waals surface area contributed by atoms with Crippen LogP contribution in [-0.4, -0.2) is 33.8 Å². The van der Waals surface area contributed by atoms with E-state index in [0.717, 1.165) is 12.8 Å². The van der Waals surface area contributed by atoms with Crippen molar-refractivity contribution < 1.29 is 9.72 Å². The first kappa shape index (κ1) is 13.7. The third kappa shape index (κ3) is 2.84. The number of hydrogen-bond acceptors (Lipinski definition) is 4. The second kappa shape index (κ2) is 5.52. The zero-order valence-electron chi connectivity index (χ0n) is 10.5. The van der Waals surface area contributed by atoms with Crippen molar-refractivity contribution >= 4 is 23.2 Å². The van der Waals surface area contributed by atoms with E-state index in [0.29, 0.717) is 19.0 Å². The van der Waals surface area contributed by atoms with Gasteiger partial charge in [-0.15, -0.1) is 0 Å². The van der Waals surface area contributed by atoms with Crippen molar-refractivity contribution in [3.8, 4) is 0 Å². The van der Waals surface area contributed by atoms with Gasteiger partial charge in [0.15, 0.2) is 0 Å². The molecule has 1 saturated heterocycles. The Morgan fingerprint density at radius 2 is 2.16 bits per heavy atom. The molecule has 0 spiro atoms. The molecule has 7 heteroatoms. The number of pyridine rings is 1. The molecule has 19 heavy (non-hydrogen) atoms. The topological polar surface area (TPSA) is 76.3 Å². The van der Waals surface area contributed by atoms with Crippen LogP contribution in [0.1, 0.15) is 30.1 Å². The van der Waals surface area contributed by atoms with Crippen molar-refractivity contribution in [3.63, 3.8) is 0 Å². The maximum atomic E-state index is 12.3. The zero-order chi connectivity index (χ0) is 14.0. The van der Waals surface area contributed by atoms with Gasteiger partial charge in [-0.3, -0.25) is 14.9 Å². The molecule has 1 fully saturated rings. The van der Waals surface area contributed by atoms with Crippen LogP contribution in [0.4, 0.5) is 5.69 Å². The van der Waals surface area contributed by atoms with E-state index in [4.69, 9.17) is 11.6 Å². The second-order valence-electron chi connectivity index (χ2n) is 4.73. The Morgan fingerprint density at radius 3 is 2.74 bits per heavy atom. The predicted octanol–water partition coefficient (Wildman–Crippen LogP) is 2.52. The third-order valence-electron chi connectivity index (χ3n) is 3.36. The third-order valence-corrected chi connectivity index (χ3v) is 3.64. The standard InChI is InChI=1S/C12H14ClN3O3/c1-8-3-6-15(7-4-8)12(17)9-2-5-14-11(13)10(9)16(18)19/h2,5,8H,3-4,6-7H2,1H3. The van der Waals surface area contributed by atoms with Crippen molar-refractivity contribution in [1.29, 1.82) is 0 Å². The van der Waals surface area contributed by atoms with Gasteiger partial charge < -0.3 is 4.90 Å². The van der Waals surface area contributed by atoms with Crippen LogP contribution in [0.15, 0.2) is 12.3 Å². The molecular formula is C12H14ClN3O3. The van der Waals surface area contributed by atoms with Crippen molar-refractivity contribution in [1.82, 2.24) is 9.88 Å². The number of carbonyl (C=O) groups is 1. The van der Waals surface area contributed by atoms with Crippen LogP contribution in [0, 0.1) is 16.0 Å². The fourth-order valence-corrected chi connectivity index (χ4v) is 2.38. The average molecular weight is 284 g/mol. The molecule has 0 unspecified atom stereocenters. The Hall–Kier alpha value is -1.69. The Bertz CT molecular complexity index is 513. The van der Waals surface area contributed by atoms with E-state index in [1.807, 2.05) is 0 Å². The van der Waals surface area contributed by atoms with Crippen LogP contribution in [0.2, 0.25) is 5.15 Å². The fourth-order valence-electron chi connectivity index (χ4n) is 2.16. The van der Waals surface area contributed by atoms with Gasteiger partial charge in [0.25, 0.3) is 5.91 Å². The monoisotopic (exact) mass is 283 g/mol. The highest BCUT2D eigenvalue weighted by molar-refractivity contribution is 6.32. The van der Waals surface area contributed by atoms with Crippen molar-refractivity contribution in [2.75, 3.05) is 13.1 Å². The molecule has 2 heterocycles. The molecule has 6 nitrogen and oxygen atoms in total. The van der Waals surface area contributed by atoms with E-state index in [-0.39, 0.29) is 16.6 Å². The first-order chi connectivity index (χ1) is 9.00. The molecule has 1 aliphatic heterocycles. The molecule has 0 bridgehead atoms. The normalized spacial score (nSPS) is 16.4. The SMILES string of the molecule is CC1CCN(C(=O)c2ccnc(Cl)c2[N+](=O)[O-])CC1. The lowest BCUT2D eigenvalue weighted by molar-refractivity contribution is -0.385. The van der Waals surface area contributed by atoms with Crippen LogP contribution < -0.4 is 0 Å². The molecule has 0 radical (unpaired) electrons. The minimum absolute atomic E-state index is 0.0135. The van der Waals surface area contributed by atoms with Crippen LogP contribution in [0.25, 0.3) is 0 Å². The Morgan fingerprint density at radius 1 is 1.53 bits per heavy atom. The highest BCUT2D eigenvalue weighted by Gasteiger charge is 2.29. The summed E-state index contributed by atoms with van der Waals surface area (Å²) in [5.41, 5.74) is -0.396. The van der Waals surface area contributed by atoms with E-state index in [1.54, 1.807) is 4.90 Å². The Kier molecular flexibility index (Phi) is 3.99. The summed E-state index contributed by atoms with van der Waals surface area (Å²) >= 11 is 5.71. The molecule has 0 N–H and O–H groups in total. The van der Waals surface area contributed by atoms with E-state index in [2.05, 4.69) is 11.9 Å². The van der Waals surface area contributed by atoms with Crippen molar-refractivity contribution in [2.45, 2.75) is 19.8 Å². The Labute approximate surface area is 115 Å². The quantitative estimate of drug-likeness (QED) is 0.475. The number of nitro groups is 1. The minimum Gasteiger partial charge on any atom is -0.338 e. The molecular weight excluding hydrogens is 270 g/mol. The van der Waals surface area contributed by atoms with Gasteiger partial charge >= 0.3 is 5.69 Å².